The lowest BCUT2D eigenvalue weighted by molar-refractivity contribution is -0.117. The summed E-state index contributed by atoms with van der Waals surface area (Å²) in [5.74, 6) is -0.758. The predicted molar refractivity (Wildman–Crippen MR) is 118 cm³/mol. The van der Waals surface area contributed by atoms with Crippen LogP contribution >= 0.6 is 0 Å². The lowest BCUT2D eigenvalue weighted by atomic mass is 10.1. The molecule has 1 aromatic heterocycles. The van der Waals surface area contributed by atoms with E-state index < -0.39 is 5.56 Å². The van der Waals surface area contributed by atoms with E-state index in [-0.39, 0.29) is 24.0 Å². The Morgan fingerprint density at radius 2 is 1.57 bits per heavy atom. The number of nitrogens with zero attached hydrogens (tertiary/aromatic N) is 2. The van der Waals surface area contributed by atoms with E-state index in [4.69, 9.17) is 0 Å². The van der Waals surface area contributed by atoms with Crippen molar-refractivity contribution in [2.75, 3.05) is 10.6 Å². The van der Waals surface area contributed by atoms with Crippen LogP contribution in [-0.4, -0.2) is 21.6 Å². The van der Waals surface area contributed by atoms with Gasteiger partial charge in [0.1, 0.15) is 12.2 Å². The first-order chi connectivity index (χ1) is 14.2. The highest BCUT2D eigenvalue weighted by atomic mass is 16.2. The number of hydrogen-bond acceptors (Lipinski definition) is 4. The molecular formula is C23H24N4O3. The van der Waals surface area contributed by atoms with Gasteiger partial charge in [-0.3, -0.25) is 14.4 Å². The first kappa shape index (κ1) is 21.0. The van der Waals surface area contributed by atoms with Gasteiger partial charge in [0.25, 0.3) is 5.56 Å². The Hall–Kier alpha value is -3.74. The van der Waals surface area contributed by atoms with Crippen LogP contribution in [0.3, 0.4) is 0 Å². The van der Waals surface area contributed by atoms with E-state index in [0.717, 1.165) is 26.9 Å². The molecule has 2 amide bonds. The van der Waals surface area contributed by atoms with Gasteiger partial charge in [-0.15, -0.1) is 0 Å². The van der Waals surface area contributed by atoms with Gasteiger partial charge in [0.2, 0.25) is 11.8 Å². The summed E-state index contributed by atoms with van der Waals surface area (Å²) in [6.45, 7) is 6.89. The van der Waals surface area contributed by atoms with Crippen molar-refractivity contribution in [1.29, 1.82) is 0 Å². The number of benzene rings is 2. The highest BCUT2D eigenvalue weighted by molar-refractivity contribution is 5.92. The predicted octanol–water partition coefficient (Wildman–Crippen LogP) is 3.43. The lowest BCUT2D eigenvalue weighted by Crippen LogP contribution is -2.32. The highest BCUT2D eigenvalue weighted by Gasteiger charge is 2.14. The maximum Gasteiger partial charge on any atom is 0.291 e. The Bertz CT molecular complexity index is 1160. The fraction of sp³-hybridized carbons (Fsp3) is 0.217. The summed E-state index contributed by atoms with van der Waals surface area (Å²) in [5, 5.41) is 9.69. The summed E-state index contributed by atoms with van der Waals surface area (Å²) in [6.07, 6.45) is 0. The Kier molecular flexibility index (Phi) is 6.11. The van der Waals surface area contributed by atoms with Gasteiger partial charge in [0, 0.05) is 18.2 Å². The minimum atomic E-state index is -0.545. The Morgan fingerprint density at radius 3 is 2.20 bits per heavy atom. The molecule has 0 spiro atoms. The van der Waals surface area contributed by atoms with Crippen LogP contribution in [0.4, 0.5) is 11.4 Å². The summed E-state index contributed by atoms with van der Waals surface area (Å²) < 4.78 is 1.07. The van der Waals surface area contributed by atoms with Crippen molar-refractivity contribution in [2.45, 2.75) is 34.2 Å². The molecule has 0 aliphatic carbocycles. The standard InChI is InChI=1S/C23H24N4O3/c1-14-5-8-18(9-6-14)20-12-21(24-17(4)28)23(30)27(26-20)13-22(29)25-19-10-7-15(2)11-16(19)3/h5-12H,13H2,1-4H3,(H,24,28)(H,25,29). The Labute approximate surface area is 174 Å². The third-order valence-electron chi connectivity index (χ3n) is 4.58. The summed E-state index contributed by atoms with van der Waals surface area (Å²) in [5.41, 5.74) is 4.57. The van der Waals surface area contributed by atoms with E-state index >= 15 is 0 Å². The van der Waals surface area contributed by atoms with Gasteiger partial charge >= 0.3 is 0 Å². The van der Waals surface area contributed by atoms with Crippen LogP contribution in [-0.2, 0) is 16.1 Å². The van der Waals surface area contributed by atoms with Gasteiger partial charge in [-0.25, -0.2) is 4.68 Å². The van der Waals surface area contributed by atoms with Gasteiger partial charge in [-0.2, -0.15) is 5.10 Å². The third kappa shape index (κ3) is 5.00. The zero-order chi connectivity index (χ0) is 21.8. The molecule has 154 valence electrons. The average molecular weight is 404 g/mol. The van der Waals surface area contributed by atoms with Crippen LogP contribution in [0.1, 0.15) is 23.6 Å². The molecule has 0 atom stereocenters. The van der Waals surface area contributed by atoms with Gasteiger partial charge in [-0.05, 0) is 38.5 Å². The van der Waals surface area contributed by atoms with E-state index in [2.05, 4.69) is 15.7 Å². The number of rotatable bonds is 5. The molecule has 0 saturated carbocycles. The summed E-state index contributed by atoms with van der Waals surface area (Å²) in [7, 11) is 0. The number of nitrogens with one attached hydrogen (secondary N) is 2. The number of carbonyl (C=O) groups excluding carboxylic acids is 2. The van der Waals surface area contributed by atoms with Crippen LogP contribution in [0.15, 0.2) is 53.3 Å². The van der Waals surface area contributed by atoms with E-state index in [9.17, 15) is 14.4 Å². The monoisotopic (exact) mass is 404 g/mol. The number of hydrogen-bond donors (Lipinski definition) is 2. The second-order valence-corrected chi connectivity index (χ2v) is 7.32. The molecule has 30 heavy (non-hydrogen) atoms. The van der Waals surface area contributed by atoms with Crippen molar-refractivity contribution < 1.29 is 9.59 Å². The lowest BCUT2D eigenvalue weighted by Gasteiger charge is -2.13. The smallest absolute Gasteiger partial charge is 0.291 e. The fourth-order valence-electron chi connectivity index (χ4n) is 3.07. The zero-order valence-electron chi connectivity index (χ0n) is 17.4. The molecule has 0 radical (unpaired) electrons. The quantitative estimate of drug-likeness (QED) is 0.681. The normalized spacial score (nSPS) is 10.5. The number of carbonyl (C=O) groups is 2. The Balaban J connectivity index is 1.94. The van der Waals surface area contributed by atoms with Crippen LogP contribution in [0.2, 0.25) is 0 Å². The first-order valence-corrected chi connectivity index (χ1v) is 9.57. The summed E-state index contributed by atoms with van der Waals surface area (Å²) in [4.78, 5) is 36.9. The molecule has 0 aliphatic rings. The molecule has 0 fully saturated rings. The van der Waals surface area contributed by atoms with Crippen molar-refractivity contribution >= 4 is 23.2 Å². The minimum Gasteiger partial charge on any atom is -0.324 e. The first-order valence-electron chi connectivity index (χ1n) is 9.57. The fourth-order valence-corrected chi connectivity index (χ4v) is 3.07. The average Bonchev–Trinajstić information content (AvgIpc) is 2.67. The molecule has 2 aromatic carbocycles. The zero-order valence-corrected chi connectivity index (χ0v) is 17.4. The van der Waals surface area contributed by atoms with Crippen LogP contribution < -0.4 is 16.2 Å². The van der Waals surface area contributed by atoms with Gasteiger partial charge in [0.15, 0.2) is 0 Å². The number of anilines is 2. The molecule has 2 N–H and O–H groups in total. The molecule has 0 saturated heterocycles. The van der Waals surface area contributed by atoms with Crippen LogP contribution in [0.25, 0.3) is 11.3 Å². The van der Waals surface area contributed by atoms with Gasteiger partial charge < -0.3 is 10.6 Å². The van der Waals surface area contributed by atoms with Gasteiger partial charge in [0.05, 0.1) is 5.69 Å². The van der Waals surface area contributed by atoms with E-state index in [1.165, 1.54) is 13.0 Å². The summed E-state index contributed by atoms with van der Waals surface area (Å²) in [6, 6.07) is 14.8. The Morgan fingerprint density at radius 1 is 0.900 bits per heavy atom. The number of aromatic nitrogens is 2. The van der Waals surface area contributed by atoms with Crippen molar-refractivity contribution in [3.8, 4) is 11.3 Å². The van der Waals surface area contributed by atoms with Crippen molar-refractivity contribution in [2.24, 2.45) is 0 Å². The molecule has 3 aromatic rings. The summed E-state index contributed by atoms with van der Waals surface area (Å²) >= 11 is 0. The molecule has 1 heterocycles. The second kappa shape index (κ2) is 8.73. The molecule has 0 bridgehead atoms. The van der Waals surface area contributed by atoms with Crippen LogP contribution in [0.5, 0.6) is 0 Å². The second-order valence-electron chi connectivity index (χ2n) is 7.32. The maximum absolute atomic E-state index is 12.7. The van der Waals surface area contributed by atoms with E-state index in [1.807, 2.05) is 63.2 Å². The molecule has 0 unspecified atom stereocenters. The number of amides is 2. The molecule has 0 aliphatic heterocycles. The SMILES string of the molecule is CC(=O)Nc1cc(-c2ccc(C)cc2)nn(CC(=O)Nc2ccc(C)cc2C)c1=O. The molecule has 7 heteroatoms. The van der Waals surface area contributed by atoms with Crippen molar-refractivity contribution in [3.05, 3.63) is 75.6 Å². The molecular weight excluding hydrogens is 380 g/mol. The van der Waals surface area contributed by atoms with Crippen molar-refractivity contribution in [3.63, 3.8) is 0 Å². The minimum absolute atomic E-state index is 0.0763. The topological polar surface area (TPSA) is 93.1 Å². The van der Waals surface area contributed by atoms with Crippen molar-refractivity contribution in [1.82, 2.24) is 9.78 Å². The molecule has 3 rings (SSSR count). The number of aryl methyl sites for hydroxylation is 3. The van der Waals surface area contributed by atoms with E-state index in [0.29, 0.717) is 11.4 Å². The molecule has 7 nitrogen and oxygen atoms in total. The maximum atomic E-state index is 12.7. The third-order valence-corrected chi connectivity index (χ3v) is 4.58. The highest BCUT2D eigenvalue weighted by Crippen LogP contribution is 2.19. The van der Waals surface area contributed by atoms with Crippen LogP contribution in [0, 0.1) is 20.8 Å². The van der Waals surface area contributed by atoms with Gasteiger partial charge in [-0.1, -0.05) is 47.5 Å². The largest absolute Gasteiger partial charge is 0.324 e. The van der Waals surface area contributed by atoms with E-state index in [1.54, 1.807) is 0 Å².